The fourth-order valence-electron chi connectivity index (χ4n) is 3.18. The van der Waals surface area contributed by atoms with Crippen LogP contribution in [0.15, 0.2) is 12.1 Å². The number of aryl methyl sites for hydroxylation is 1. The number of Topliss-reactive ketones (excluding diaryl/α,β-unsaturated/α-hetero) is 1. The smallest absolute Gasteiger partial charge is 0.167 e. The molecule has 0 aliphatic heterocycles. The molecule has 20 heavy (non-hydrogen) atoms. The Hall–Kier alpha value is -1.18. The summed E-state index contributed by atoms with van der Waals surface area (Å²) in [4.78, 5) is 17.1. The van der Waals surface area contributed by atoms with Gasteiger partial charge in [0.1, 0.15) is 0 Å². The molecule has 110 valence electrons. The van der Waals surface area contributed by atoms with Crippen molar-refractivity contribution in [3.8, 4) is 0 Å². The van der Waals surface area contributed by atoms with Gasteiger partial charge in [-0.15, -0.1) is 0 Å². The number of hydrogen-bond donors (Lipinski definition) is 0. The predicted octanol–water partition coefficient (Wildman–Crippen LogP) is 4.92. The first kappa shape index (κ1) is 15.2. The van der Waals surface area contributed by atoms with E-state index in [9.17, 15) is 4.79 Å². The van der Waals surface area contributed by atoms with Gasteiger partial charge in [-0.3, -0.25) is 9.78 Å². The Labute approximate surface area is 123 Å². The molecule has 0 N–H and O–H groups in total. The second-order valence-corrected chi connectivity index (χ2v) is 6.15. The summed E-state index contributed by atoms with van der Waals surface area (Å²) in [6.07, 6.45) is 8.16. The third-order valence-electron chi connectivity index (χ3n) is 4.50. The predicted molar refractivity (Wildman–Crippen MR) is 83.2 cm³/mol. The summed E-state index contributed by atoms with van der Waals surface area (Å²) in [5, 5.41) is 0. The maximum Gasteiger partial charge on any atom is 0.167 e. The zero-order chi connectivity index (χ0) is 14.5. The van der Waals surface area contributed by atoms with E-state index in [1.807, 2.05) is 13.0 Å². The lowest BCUT2D eigenvalue weighted by molar-refractivity contribution is 0.0902. The van der Waals surface area contributed by atoms with Crippen molar-refractivity contribution in [1.82, 2.24) is 4.98 Å². The van der Waals surface area contributed by atoms with E-state index in [0.717, 1.165) is 30.5 Å². The number of rotatable bonds is 6. The fourth-order valence-corrected chi connectivity index (χ4v) is 3.18. The molecule has 0 radical (unpaired) electrons. The van der Waals surface area contributed by atoms with Crippen molar-refractivity contribution in [1.29, 1.82) is 0 Å². The van der Waals surface area contributed by atoms with Gasteiger partial charge in [-0.05, 0) is 37.8 Å². The summed E-state index contributed by atoms with van der Waals surface area (Å²) < 4.78 is 0. The van der Waals surface area contributed by atoms with Crippen LogP contribution in [0, 0.1) is 5.92 Å². The molecule has 1 aliphatic rings. The Balaban J connectivity index is 2.14. The first-order chi connectivity index (χ1) is 9.67. The van der Waals surface area contributed by atoms with Gasteiger partial charge in [0.25, 0.3) is 0 Å². The van der Waals surface area contributed by atoms with Gasteiger partial charge < -0.3 is 0 Å². The van der Waals surface area contributed by atoms with Crippen molar-refractivity contribution in [2.45, 2.75) is 71.6 Å². The maximum absolute atomic E-state index is 12.2. The Kier molecular flexibility index (Phi) is 5.33. The molecule has 2 rings (SSSR count). The summed E-state index contributed by atoms with van der Waals surface area (Å²) >= 11 is 0. The molecular weight excluding hydrogens is 246 g/mol. The van der Waals surface area contributed by atoms with Crippen LogP contribution in [0.5, 0.6) is 0 Å². The van der Waals surface area contributed by atoms with Crippen LogP contribution >= 0.6 is 0 Å². The molecule has 0 unspecified atom stereocenters. The van der Waals surface area contributed by atoms with Crippen LogP contribution in [0.25, 0.3) is 0 Å². The normalized spacial score (nSPS) is 21.9. The number of aromatic nitrogens is 1. The van der Waals surface area contributed by atoms with Gasteiger partial charge in [0.05, 0.1) is 5.69 Å². The number of carbonyl (C=O) groups is 1. The second-order valence-electron chi connectivity index (χ2n) is 6.15. The number of carbonyl (C=O) groups excluding carboxylic acids is 1. The van der Waals surface area contributed by atoms with Crippen molar-refractivity contribution in [2.75, 3.05) is 0 Å². The fraction of sp³-hybridized carbons (Fsp3) is 0.667. The van der Waals surface area contributed by atoms with Gasteiger partial charge >= 0.3 is 0 Å². The van der Waals surface area contributed by atoms with Gasteiger partial charge in [0.2, 0.25) is 0 Å². The second kappa shape index (κ2) is 7.01. The third kappa shape index (κ3) is 3.28. The minimum atomic E-state index is 0.157. The summed E-state index contributed by atoms with van der Waals surface area (Å²) in [6.45, 7) is 6.48. The van der Waals surface area contributed by atoms with Gasteiger partial charge in [-0.25, -0.2) is 0 Å². The standard InChI is InChI=1S/C18H27NO/c1-4-6-7-8-9-15-10-11-16-17(19-15)14(5-2)12-13(3)18(16)20/h10-11,13-14H,4-9,12H2,1-3H3/t13-,14-/m1/s1. The average molecular weight is 273 g/mol. The molecule has 1 aliphatic carbocycles. The number of pyridine rings is 1. The highest BCUT2D eigenvalue weighted by Gasteiger charge is 2.31. The molecule has 1 aromatic heterocycles. The molecule has 0 aromatic carbocycles. The van der Waals surface area contributed by atoms with Gasteiger partial charge in [-0.2, -0.15) is 0 Å². The number of fused-ring (bicyclic) bond motifs is 1. The summed E-state index contributed by atoms with van der Waals surface area (Å²) in [5.41, 5.74) is 3.12. The van der Waals surface area contributed by atoms with Crippen LogP contribution in [0.1, 0.15) is 87.0 Å². The van der Waals surface area contributed by atoms with Crippen LogP contribution in [0.3, 0.4) is 0 Å². The highest BCUT2D eigenvalue weighted by molar-refractivity contribution is 5.99. The molecule has 2 heteroatoms. The average Bonchev–Trinajstić information content (AvgIpc) is 2.47. The van der Waals surface area contributed by atoms with E-state index in [-0.39, 0.29) is 11.7 Å². The molecular formula is C18H27NO. The summed E-state index contributed by atoms with van der Waals surface area (Å²) in [5.74, 6) is 0.910. The number of nitrogens with zero attached hydrogens (tertiary/aromatic N) is 1. The number of hydrogen-bond acceptors (Lipinski definition) is 2. The van der Waals surface area contributed by atoms with Crippen molar-refractivity contribution in [3.05, 3.63) is 29.1 Å². The van der Waals surface area contributed by atoms with Gasteiger partial charge in [-0.1, -0.05) is 40.0 Å². The third-order valence-corrected chi connectivity index (χ3v) is 4.50. The van der Waals surface area contributed by atoms with E-state index >= 15 is 0 Å². The lowest BCUT2D eigenvalue weighted by Crippen LogP contribution is -2.25. The van der Waals surface area contributed by atoms with Crippen LogP contribution in [-0.4, -0.2) is 10.8 Å². The maximum atomic E-state index is 12.2. The van der Waals surface area contributed by atoms with E-state index in [0.29, 0.717) is 5.92 Å². The molecule has 0 saturated heterocycles. The molecule has 0 bridgehead atoms. The van der Waals surface area contributed by atoms with Crippen molar-refractivity contribution < 1.29 is 4.79 Å². The Bertz CT molecular complexity index is 466. The van der Waals surface area contributed by atoms with E-state index in [1.165, 1.54) is 31.4 Å². The van der Waals surface area contributed by atoms with Crippen LogP contribution in [-0.2, 0) is 6.42 Å². The lowest BCUT2D eigenvalue weighted by atomic mass is 9.78. The Morgan fingerprint density at radius 2 is 2.00 bits per heavy atom. The van der Waals surface area contributed by atoms with Crippen molar-refractivity contribution in [3.63, 3.8) is 0 Å². The van der Waals surface area contributed by atoms with Crippen molar-refractivity contribution >= 4 is 5.78 Å². The van der Waals surface area contributed by atoms with Gasteiger partial charge in [0, 0.05) is 23.1 Å². The summed E-state index contributed by atoms with van der Waals surface area (Å²) in [6, 6.07) is 4.09. The zero-order valence-electron chi connectivity index (χ0n) is 13.1. The van der Waals surface area contributed by atoms with E-state index in [4.69, 9.17) is 4.98 Å². The zero-order valence-corrected chi connectivity index (χ0v) is 13.1. The summed E-state index contributed by atoms with van der Waals surface area (Å²) in [7, 11) is 0. The van der Waals surface area contributed by atoms with Gasteiger partial charge in [0.15, 0.2) is 5.78 Å². The van der Waals surface area contributed by atoms with Crippen LogP contribution in [0.2, 0.25) is 0 Å². The highest BCUT2D eigenvalue weighted by Crippen LogP contribution is 2.35. The quantitative estimate of drug-likeness (QED) is 0.688. The SMILES string of the molecule is CCCCCCc1ccc2c(n1)[C@H](CC)C[C@@H](C)C2=O. The Morgan fingerprint density at radius 1 is 1.20 bits per heavy atom. The minimum absolute atomic E-state index is 0.157. The monoisotopic (exact) mass is 273 g/mol. The molecule has 2 nitrogen and oxygen atoms in total. The molecule has 1 aromatic rings. The molecule has 0 amide bonds. The lowest BCUT2D eigenvalue weighted by Gasteiger charge is -2.27. The van der Waals surface area contributed by atoms with E-state index < -0.39 is 0 Å². The minimum Gasteiger partial charge on any atom is -0.294 e. The van der Waals surface area contributed by atoms with E-state index in [1.54, 1.807) is 0 Å². The van der Waals surface area contributed by atoms with Crippen LogP contribution < -0.4 is 0 Å². The van der Waals surface area contributed by atoms with E-state index in [2.05, 4.69) is 19.9 Å². The molecule has 0 spiro atoms. The topological polar surface area (TPSA) is 30.0 Å². The molecule has 0 saturated carbocycles. The largest absolute Gasteiger partial charge is 0.294 e. The number of unbranched alkanes of at least 4 members (excludes halogenated alkanes) is 3. The molecule has 1 heterocycles. The molecule has 2 atom stereocenters. The van der Waals surface area contributed by atoms with Crippen molar-refractivity contribution in [2.24, 2.45) is 5.92 Å². The highest BCUT2D eigenvalue weighted by atomic mass is 16.1. The van der Waals surface area contributed by atoms with Crippen LogP contribution in [0.4, 0.5) is 0 Å². The number of ketones is 1. The Morgan fingerprint density at radius 3 is 2.70 bits per heavy atom. The first-order valence-corrected chi connectivity index (χ1v) is 8.21. The first-order valence-electron chi connectivity index (χ1n) is 8.21. The molecule has 0 fully saturated rings.